The van der Waals surface area contributed by atoms with Crippen LogP contribution in [0.15, 0.2) is 0 Å². The Kier molecular flexibility index (Phi) is 4.83. The van der Waals surface area contributed by atoms with Gasteiger partial charge < -0.3 is 9.57 Å². The summed E-state index contributed by atoms with van der Waals surface area (Å²) in [6, 6.07) is 0. The largest absolute Gasteiger partial charge is 0.533 e. The van der Waals surface area contributed by atoms with Gasteiger partial charge in [0.1, 0.15) is 0 Å². The third-order valence-electron chi connectivity index (χ3n) is 1.19. The number of amides is 1. The Morgan fingerprint density at radius 2 is 2.00 bits per heavy atom. The molecule has 0 aromatic rings. The molecule has 1 amide bonds. The molecule has 70 valence electrons. The van der Waals surface area contributed by atoms with Crippen molar-refractivity contribution in [2.24, 2.45) is 0 Å². The molecule has 0 atom stereocenters. The van der Waals surface area contributed by atoms with Crippen LogP contribution in [-0.2, 0) is 14.4 Å². The first-order valence-electron chi connectivity index (χ1n) is 3.64. The minimum atomic E-state index is -0.887. The monoisotopic (exact) mass is 175 g/mol. The van der Waals surface area contributed by atoms with Gasteiger partial charge in [-0.25, -0.2) is 4.79 Å². The van der Waals surface area contributed by atoms with Gasteiger partial charge in [0.15, 0.2) is 0 Å². The Hall–Kier alpha value is -1.26. The van der Waals surface area contributed by atoms with E-state index in [2.05, 4.69) is 9.57 Å². The van der Waals surface area contributed by atoms with E-state index in [4.69, 9.17) is 0 Å². The van der Waals surface area contributed by atoms with Gasteiger partial charge in [0.2, 0.25) is 0 Å². The summed E-state index contributed by atoms with van der Waals surface area (Å²) < 4.78 is 4.19. The summed E-state index contributed by atoms with van der Waals surface area (Å²) in [6.45, 7) is 1.86. The lowest BCUT2D eigenvalue weighted by molar-refractivity contribution is -0.165. The van der Waals surface area contributed by atoms with E-state index in [1.807, 2.05) is 6.92 Å². The number of hydrogen-bond acceptors (Lipinski definition) is 4. The molecular weight excluding hydrogens is 162 g/mol. The zero-order valence-electron chi connectivity index (χ0n) is 7.49. The van der Waals surface area contributed by atoms with E-state index in [0.29, 0.717) is 12.8 Å². The molecule has 0 aromatic carbocycles. The highest BCUT2D eigenvalue weighted by molar-refractivity contribution is 5.76. The van der Waals surface area contributed by atoms with Crippen LogP contribution in [0, 0.1) is 0 Å². The maximum Gasteiger partial charge on any atom is 0.533 e. The highest BCUT2D eigenvalue weighted by atomic mass is 16.8. The summed E-state index contributed by atoms with van der Waals surface area (Å²) in [5, 5.41) is 0.870. The van der Waals surface area contributed by atoms with Gasteiger partial charge in [-0.05, 0) is 6.42 Å². The minimum Gasteiger partial charge on any atom is -0.436 e. The van der Waals surface area contributed by atoms with E-state index in [1.54, 1.807) is 0 Å². The summed E-state index contributed by atoms with van der Waals surface area (Å²) in [4.78, 5) is 25.9. The zero-order valence-corrected chi connectivity index (χ0v) is 7.49. The summed E-state index contributed by atoms with van der Waals surface area (Å²) in [5.41, 5.74) is 0. The van der Waals surface area contributed by atoms with E-state index in [0.717, 1.165) is 5.06 Å². The lowest BCUT2D eigenvalue weighted by Crippen LogP contribution is -2.29. The molecule has 0 bridgehead atoms. The maximum absolute atomic E-state index is 11.0. The molecular formula is C7H13NO4. The first-order chi connectivity index (χ1) is 5.61. The van der Waals surface area contributed by atoms with Crippen LogP contribution >= 0.6 is 0 Å². The Morgan fingerprint density at radius 1 is 1.42 bits per heavy atom. The summed E-state index contributed by atoms with van der Waals surface area (Å²) in [5.74, 6) is -0.247. The van der Waals surface area contributed by atoms with Crippen molar-refractivity contribution in [2.75, 3.05) is 14.2 Å². The Balaban J connectivity index is 3.78. The van der Waals surface area contributed by atoms with Gasteiger partial charge in [0.05, 0.1) is 7.11 Å². The molecule has 0 aromatic heterocycles. The second-order valence-corrected chi connectivity index (χ2v) is 2.19. The Morgan fingerprint density at radius 3 is 2.42 bits per heavy atom. The molecule has 0 saturated heterocycles. The summed E-state index contributed by atoms with van der Waals surface area (Å²) in [7, 11) is 2.55. The SMILES string of the molecule is CCCC(=O)N(C)OC(=O)OC. The molecule has 5 nitrogen and oxygen atoms in total. The molecule has 0 aliphatic rings. The van der Waals surface area contributed by atoms with Gasteiger partial charge in [-0.1, -0.05) is 6.92 Å². The Bertz CT molecular complexity index is 169. The molecule has 0 fully saturated rings. The quantitative estimate of drug-likeness (QED) is 0.463. The standard InChI is InChI=1S/C7H13NO4/c1-4-5-6(9)8(2)12-7(10)11-3/h4-5H2,1-3H3. The molecule has 12 heavy (non-hydrogen) atoms. The van der Waals surface area contributed by atoms with Crippen LogP contribution in [0.1, 0.15) is 19.8 Å². The third-order valence-corrected chi connectivity index (χ3v) is 1.19. The number of rotatable bonds is 2. The third kappa shape index (κ3) is 3.80. The lowest BCUT2D eigenvalue weighted by Gasteiger charge is -2.13. The molecule has 0 N–H and O–H groups in total. The fourth-order valence-corrected chi connectivity index (χ4v) is 0.571. The molecule has 0 radical (unpaired) electrons. The highest BCUT2D eigenvalue weighted by Gasteiger charge is 2.12. The molecule has 0 aliphatic carbocycles. The molecule has 0 spiro atoms. The van der Waals surface area contributed by atoms with E-state index >= 15 is 0 Å². The summed E-state index contributed by atoms with van der Waals surface area (Å²) >= 11 is 0. The fraction of sp³-hybridized carbons (Fsp3) is 0.714. The number of ether oxygens (including phenoxy) is 1. The van der Waals surface area contributed by atoms with E-state index in [9.17, 15) is 9.59 Å². The lowest BCUT2D eigenvalue weighted by atomic mass is 10.3. The van der Waals surface area contributed by atoms with Crippen LogP contribution in [0.2, 0.25) is 0 Å². The zero-order chi connectivity index (χ0) is 9.56. The first kappa shape index (κ1) is 10.7. The van der Waals surface area contributed by atoms with Crippen LogP contribution in [-0.4, -0.2) is 31.3 Å². The van der Waals surface area contributed by atoms with E-state index < -0.39 is 6.16 Å². The van der Waals surface area contributed by atoms with Gasteiger partial charge in [0, 0.05) is 13.5 Å². The van der Waals surface area contributed by atoms with Crippen molar-refractivity contribution in [2.45, 2.75) is 19.8 Å². The van der Waals surface area contributed by atoms with Gasteiger partial charge in [0.25, 0.3) is 5.91 Å². The minimum absolute atomic E-state index is 0.247. The van der Waals surface area contributed by atoms with Gasteiger partial charge in [-0.15, -0.1) is 0 Å². The molecule has 0 rings (SSSR count). The normalized spacial score (nSPS) is 8.92. The second-order valence-electron chi connectivity index (χ2n) is 2.19. The number of carbonyl (C=O) groups excluding carboxylic acids is 2. The topological polar surface area (TPSA) is 55.8 Å². The highest BCUT2D eigenvalue weighted by Crippen LogP contribution is 1.96. The number of nitrogens with zero attached hydrogens (tertiary/aromatic N) is 1. The van der Waals surface area contributed by atoms with Crippen LogP contribution in [0.25, 0.3) is 0 Å². The molecule has 0 unspecified atom stereocenters. The van der Waals surface area contributed by atoms with E-state index in [-0.39, 0.29) is 5.91 Å². The van der Waals surface area contributed by atoms with E-state index in [1.165, 1.54) is 14.2 Å². The Labute approximate surface area is 71.2 Å². The number of methoxy groups -OCH3 is 1. The average Bonchev–Trinajstić information content (AvgIpc) is 2.04. The van der Waals surface area contributed by atoms with Crippen molar-refractivity contribution >= 4 is 12.1 Å². The first-order valence-corrected chi connectivity index (χ1v) is 3.64. The second kappa shape index (κ2) is 5.40. The average molecular weight is 175 g/mol. The van der Waals surface area contributed by atoms with Crippen LogP contribution in [0.4, 0.5) is 4.79 Å². The fourth-order valence-electron chi connectivity index (χ4n) is 0.571. The van der Waals surface area contributed by atoms with Crippen molar-refractivity contribution < 1.29 is 19.2 Å². The molecule has 5 heteroatoms. The van der Waals surface area contributed by atoms with Crippen molar-refractivity contribution in [3.63, 3.8) is 0 Å². The van der Waals surface area contributed by atoms with Gasteiger partial charge in [-0.3, -0.25) is 4.79 Å². The van der Waals surface area contributed by atoms with Crippen LogP contribution in [0.3, 0.4) is 0 Å². The molecule has 0 saturated carbocycles. The van der Waals surface area contributed by atoms with Crippen molar-refractivity contribution in [1.29, 1.82) is 0 Å². The molecule has 0 aliphatic heterocycles. The van der Waals surface area contributed by atoms with Gasteiger partial charge >= 0.3 is 6.16 Å². The smallest absolute Gasteiger partial charge is 0.436 e. The van der Waals surface area contributed by atoms with Crippen molar-refractivity contribution in [1.82, 2.24) is 5.06 Å². The van der Waals surface area contributed by atoms with Crippen molar-refractivity contribution in [3.05, 3.63) is 0 Å². The number of carbonyl (C=O) groups is 2. The maximum atomic E-state index is 11.0. The molecule has 0 heterocycles. The summed E-state index contributed by atoms with van der Waals surface area (Å²) in [6.07, 6.45) is 0.184. The number of hydrogen-bond donors (Lipinski definition) is 0. The predicted molar refractivity (Wildman–Crippen MR) is 41.2 cm³/mol. The number of hydroxylamine groups is 2. The van der Waals surface area contributed by atoms with Crippen molar-refractivity contribution in [3.8, 4) is 0 Å². The van der Waals surface area contributed by atoms with Crippen LogP contribution < -0.4 is 0 Å². The van der Waals surface area contributed by atoms with Gasteiger partial charge in [-0.2, -0.15) is 5.06 Å². The van der Waals surface area contributed by atoms with Crippen LogP contribution in [0.5, 0.6) is 0 Å². The predicted octanol–water partition coefficient (Wildman–Crippen LogP) is 0.943.